The summed E-state index contributed by atoms with van der Waals surface area (Å²) < 4.78 is 27.2. The first-order chi connectivity index (χ1) is 12.0. The Bertz CT molecular complexity index is 682. The van der Waals surface area contributed by atoms with Gasteiger partial charge in [0, 0.05) is 38.3 Å². The molecular formula is C18H27N3O3S. The number of hydrogen-bond donors (Lipinski definition) is 1. The van der Waals surface area contributed by atoms with E-state index in [9.17, 15) is 13.2 Å². The third-order valence-corrected chi connectivity index (χ3v) is 7.33. The van der Waals surface area contributed by atoms with Crippen molar-refractivity contribution in [2.24, 2.45) is 0 Å². The Labute approximate surface area is 150 Å². The third kappa shape index (κ3) is 4.04. The number of benzene rings is 1. The molecule has 2 atom stereocenters. The first-order valence-corrected chi connectivity index (χ1v) is 10.5. The average Bonchev–Trinajstić information content (AvgIpc) is 2.63. The lowest BCUT2D eigenvalue weighted by molar-refractivity contribution is -0.110. The normalized spacial score (nSPS) is 26.3. The van der Waals surface area contributed by atoms with Crippen molar-refractivity contribution in [3.8, 4) is 0 Å². The topological polar surface area (TPSA) is 69.7 Å². The van der Waals surface area contributed by atoms with Gasteiger partial charge in [0.15, 0.2) is 0 Å². The highest BCUT2D eigenvalue weighted by molar-refractivity contribution is 7.89. The van der Waals surface area contributed by atoms with Gasteiger partial charge < -0.3 is 5.32 Å². The number of rotatable bonds is 5. The van der Waals surface area contributed by atoms with Gasteiger partial charge >= 0.3 is 0 Å². The summed E-state index contributed by atoms with van der Waals surface area (Å²) in [4.78, 5) is 13.6. The Kier molecular flexibility index (Phi) is 5.76. The van der Waals surface area contributed by atoms with Crippen molar-refractivity contribution in [3.05, 3.63) is 29.8 Å². The zero-order valence-electron chi connectivity index (χ0n) is 14.7. The van der Waals surface area contributed by atoms with Gasteiger partial charge in [-0.3, -0.25) is 9.69 Å². The number of carbonyl (C=O) groups excluding carboxylic acids is 1. The van der Waals surface area contributed by atoms with Gasteiger partial charge in [0.2, 0.25) is 16.4 Å². The van der Waals surface area contributed by atoms with Crippen LogP contribution in [0.2, 0.25) is 0 Å². The highest BCUT2D eigenvalue weighted by Crippen LogP contribution is 2.25. The smallest absolute Gasteiger partial charge is 0.243 e. The molecule has 1 aliphatic carbocycles. The van der Waals surface area contributed by atoms with E-state index < -0.39 is 10.0 Å². The van der Waals surface area contributed by atoms with Crippen LogP contribution in [0.5, 0.6) is 0 Å². The van der Waals surface area contributed by atoms with Crippen molar-refractivity contribution >= 4 is 16.4 Å². The van der Waals surface area contributed by atoms with Crippen LogP contribution in [0.25, 0.3) is 0 Å². The van der Waals surface area contributed by atoms with Crippen LogP contribution in [0.1, 0.15) is 31.2 Å². The molecule has 1 amide bonds. The molecule has 2 aliphatic rings. The molecule has 2 fully saturated rings. The van der Waals surface area contributed by atoms with Crippen LogP contribution in [0.15, 0.2) is 29.2 Å². The number of piperazine rings is 1. The Morgan fingerprint density at radius 3 is 2.32 bits per heavy atom. The molecule has 6 nitrogen and oxygen atoms in total. The molecule has 0 bridgehead atoms. The van der Waals surface area contributed by atoms with Crippen molar-refractivity contribution in [3.63, 3.8) is 0 Å². The summed E-state index contributed by atoms with van der Waals surface area (Å²) in [5.74, 6) is 0. The highest BCUT2D eigenvalue weighted by atomic mass is 32.2. The van der Waals surface area contributed by atoms with Crippen LogP contribution < -0.4 is 5.32 Å². The van der Waals surface area contributed by atoms with E-state index >= 15 is 0 Å². The van der Waals surface area contributed by atoms with Crippen molar-refractivity contribution in [1.29, 1.82) is 0 Å². The lowest BCUT2D eigenvalue weighted by atomic mass is 9.89. The van der Waals surface area contributed by atoms with Crippen molar-refractivity contribution in [2.45, 2.75) is 49.6 Å². The largest absolute Gasteiger partial charge is 0.354 e. The van der Waals surface area contributed by atoms with Gasteiger partial charge in [0.05, 0.1) is 4.90 Å². The van der Waals surface area contributed by atoms with Gasteiger partial charge in [-0.15, -0.1) is 0 Å². The molecule has 1 heterocycles. The fraction of sp³-hybridized carbons (Fsp3) is 0.611. The predicted octanol–water partition coefficient (Wildman–Crippen LogP) is 1.36. The number of amides is 1. The van der Waals surface area contributed by atoms with Gasteiger partial charge in [0.25, 0.3) is 0 Å². The molecule has 1 saturated carbocycles. The maximum absolute atomic E-state index is 12.8. The number of sulfonamides is 1. The van der Waals surface area contributed by atoms with Gasteiger partial charge in [-0.1, -0.05) is 30.5 Å². The molecule has 1 N–H and O–H groups in total. The lowest BCUT2D eigenvalue weighted by Gasteiger charge is -2.43. The Morgan fingerprint density at radius 1 is 1.04 bits per heavy atom. The third-order valence-electron chi connectivity index (χ3n) is 5.41. The first-order valence-electron chi connectivity index (χ1n) is 9.03. The number of carbonyl (C=O) groups is 1. The summed E-state index contributed by atoms with van der Waals surface area (Å²) in [5, 5.41) is 2.95. The monoisotopic (exact) mass is 365 g/mol. The SMILES string of the molecule is Cc1ccc(S(=O)(=O)N2CCN([C@@H]3CCCC[C@H]3NC=O)CC2)cc1. The van der Waals surface area contributed by atoms with E-state index in [2.05, 4.69) is 10.2 Å². The van der Waals surface area contributed by atoms with Gasteiger partial charge in [-0.2, -0.15) is 4.31 Å². The van der Waals surface area contributed by atoms with Gasteiger partial charge in [0.1, 0.15) is 0 Å². The molecule has 25 heavy (non-hydrogen) atoms. The Hall–Kier alpha value is -1.44. The second-order valence-corrected chi connectivity index (χ2v) is 8.93. The molecule has 0 radical (unpaired) electrons. The summed E-state index contributed by atoms with van der Waals surface area (Å²) in [7, 11) is -3.42. The molecule has 7 heteroatoms. The Morgan fingerprint density at radius 2 is 1.68 bits per heavy atom. The van der Waals surface area contributed by atoms with Crippen LogP contribution in [-0.4, -0.2) is 62.3 Å². The minimum Gasteiger partial charge on any atom is -0.354 e. The van der Waals surface area contributed by atoms with Gasteiger partial charge in [-0.25, -0.2) is 8.42 Å². The average molecular weight is 365 g/mol. The quantitative estimate of drug-likeness (QED) is 0.800. The summed E-state index contributed by atoms with van der Waals surface area (Å²) >= 11 is 0. The fourth-order valence-electron chi connectivity index (χ4n) is 3.97. The van der Waals surface area contributed by atoms with E-state index in [0.29, 0.717) is 37.1 Å². The summed E-state index contributed by atoms with van der Waals surface area (Å²) in [6, 6.07) is 7.54. The summed E-state index contributed by atoms with van der Waals surface area (Å²) in [6.07, 6.45) is 5.18. The number of nitrogens with zero attached hydrogens (tertiary/aromatic N) is 2. The number of nitrogens with one attached hydrogen (secondary N) is 1. The van der Waals surface area contributed by atoms with Gasteiger partial charge in [-0.05, 0) is 31.9 Å². The van der Waals surface area contributed by atoms with Crippen LogP contribution in [0, 0.1) is 6.92 Å². The van der Waals surface area contributed by atoms with Crippen molar-refractivity contribution < 1.29 is 13.2 Å². The van der Waals surface area contributed by atoms with Crippen molar-refractivity contribution in [1.82, 2.24) is 14.5 Å². The van der Waals surface area contributed by atoms with E-state index in [-0.39, 0.29) is 6.04 Å². The van der Waals surface area contributed by atoms with E-state index in [1.165, 1.54) is 6.42 Å². The maximum Gasteiger partial charge on any atom is 0.243 e. The zero-order chi connectivity index (χ0) is 17.9. The molecule has 138 valence electrons. The standard InChI is InChI=1S/C18H27N3O3S/c1-15-6-8-16(9-7-15)25(23,24)21-12-10-20(11-13-21)18-5-3-2-4-17(18)19-14-22/h6-9,14,17-18H,2-5,10-13H2,1H3,(H,19,22)/t17-,18-/m1/s1. The number of hydrogen-bond acceptors (Lipinski definition) is 4. The minimum atomic E-state index is -3.42. The minimum absolute atomic E-state index is 0.187. The molecule has 0 aromatic heterocycles. The second kappa shape index (κ2) is 7.85. The first kappa shape index (κ1) is 18.4. The number of aryl methyl sites for hydroxylation is 1. The molecular weight excluding hydrogens is 338 g/mol. The molecule has 1 saturated heterocycles. The Balaban J connectivity index is 1.64. The lowest BCUT2D eigenvalue weighted by Crippen LogP contribution is -2.58. The van der Waals surface area contributed by atoms with Crippen LogP contribution in [-0.2, 0) is 14.8 Å². The van der Waals surface area contributed by atoms with E-state index in [1.54, 1.807) is 16.4 Å². The molecule has 3 rings (SSSR count). The maximum atomic E-state index is 12.8. The molecule has 1 aliphatic heterocycles. The van der Waals surface area contributed by atoms with E-state index in [1.807, 2.05) is 19.1 Å². The van der Waals surface area contributed by atoms with Crippen LogP contribution in [0.4, 0.5) is 0 Å². The molecule has 1 aromatic rings. The molecule has 0 spiro atoms. The summed E-state index contributed by atoms with van der Waals surface area (Å²) in [5.41, 5.74) is 1.05. The van der Waals surface area contributed by atoms with E-state index in [0.717, 1.165) is 31.2 Å². The van der Waals surface area contributed by atoms with Crippen LogP contribution in [0.3, 0.4) is 0 Å². The summed E-state index contributed by atoms with van der Waals surface area (Å²) in [6.45, 7) is 4.38. The zero-order valence-corrected chi connectivity index (χ0v) is 15.5. The predicted molar refractivity (Wildman–Crippen MR) is 96.8 cm³/mol. The molecule has 1 aromatic carbocycles. The highest BCUT2D eigenvalue weighted by Gasteiger charge is 2.34. The van der Waals surface area contributed by atoms with Crippen LogP contribution >= 0.6 is 0 Å². The van der Waals surface area contributed by atoms with Crippen molar-refractivity contribution in [2.75, 3.05) is 26.2 Å². The molecule has 0 unspecified atom stereocenters. The fourth-order valence-corrected chi connectivity index (χ4v) is 5.39. The second-order valence-electron chi connectivity index (χ2n) is 7.00. The van der Waals surface area contributed by atoms with E-state index in [4.69, 9.17) is 0 Å².